The van der Waals surface area contributed by atoms with Crippen molar-refractivity contribution in [3.05, 3.63) is 59.7 Å². The summed E-state index contributed by atoms with van der Waals surface area (Å²) in [6.07, 6.45) is 0. The predicted molar refractivity (Wildman–Crippen MR) is 70.8 cm³/mol. The molecule has 0 aromatic heterocycles. The number of Topliss-reactive ketones (excluding diaryl/α,β-unsaturated/α-hetero) is 1. The molecule has 3 nitrogen and oxygen atoms in total. The third-order valence-electron chi connectivity index (χ3n) is 2.82. The number of aliphatic imine (C=N–C) groups is 1. The molecule has 0 saturated heterocycles. The van der Waals surface area contributed by atoms with Crippen LogP contribution in [0.25, 0.3) is 0 Å². The zero-order valence-corrected chi connectivity index (χ0v) is 9.92. The molecule has 0 N–H and O–H groups in total. The Morgan fingerprint density at radius 2 is 1.78 bits per heavy atom. The summed E-state index contributed by atoms with van der Waals surface area (Å²) >= 11 is 0. The Bertz CT molecular complexity index is 645. The highest BCUT2D eigenvalue weighted by Crippen LogP contribution is 2.31. The van der Waals surface area contributed by atoms with Crippen molar-refractivity contribution in [3.8, 4) is 0 Å². The van der Waals surface area contributed by atoms with Gasteiger partial charge < -0.3 is 0 Å². The number of rotatable bonds is 2. The highest BCUT2D eigenvalue weighted by atomic mass is 16.1. The maximum absolute atomic E-state index is 12.2. The standard InChI is InChI=1S/C15H11N2O/c1-10-7-8-12-13(9-10)17-15(16-12)14(18)11-5-3-2-4-6-11/h2-9H,1H3. The van der Waals surface area contributed by atoms with Crippen LogP contribution in [0.4, 0.5) is 11.4 Å². The number of carbonyl (C=O) groups is 1. The van der Waals surface area contributed by atoms with Crippen LogP contribution in [0.5, 0.6) is 0 Å². The predicted octanol–water partition coefficient (Wildman–Crippen LogP) is 3.16. The molecule has 87 valence electrons. The van der Waals surface area contributed by atoms with E-state index in [0.29, 0.717) is 5.56 Å². The van der Waals surface area contributed by atoms with Crippen molar-refractivity contribution in [2.24, 2.45) is 4.99 Å². The molecule has 0 bridgehead atoms. The quantitative estimate of drug-likeness (QED) is 0.737. The molecule has 0 spiro atoms. The maximum atomic E-state index is 12.2. The number of aryl methyl sites for hydroxylation is 1. The smallest absolute Gasteiger partial charge is 0.230 e. The van der Waals surface area contributed by atoms with E-state index in [1.54, 1.807) is 12.1 Å². The average Bonchev–Trinajstić information content (AvgIpc) is 2.81. The second-order valence-corrected chi connectivity index (χ2v) is 4.23. The number of nitrogens with zero attached hydrogens (tertiary/aromatic N) is 2. The summed E-state index contributed by atoms with van der Waals surface area (Å²) in [6.45, 7) is 1.99. The van der Waals surface area contributed by atoms with Crippen LogP contribution in [0.1, 0.15) is 15.9 Å². The number of benzene rings is 2. The van der Waals surface area contributed by atoms with E-state index in [2.05, 4.69) is 10.3 Å². The van der Waals surface area contributed by atoms with Gasteiger partial charge in [0, 0.05) is 5.56 Å². The molecule has 2 aromatic carbocycles. The largest absolute Gasteiger partial charge is 0.285 e. The van der Waals surface area contributed by atoms with Crippen LogP contribution in [0.3, 0.4) is 0 Å². The third-order valence-corrected chi connectivity index (χ3v) is 2.82. The monoisotopic (exact) mass is 235 g/mol. The summed E-state index contributed by atoms with van der Waals surface area (Å²) in [5.41, 5.74) is 3.26. The second-order valence-electron chi connectivity index (χ2n) is 4.23. The molecule has 0 unspecified atom stereocenters. The molecule has 18 heavy (non-hydrogen) atoms. The van der Waals surface area contributed by atoms with Gasteiger partial charge in [-0.25, -0.2) is 10.3 Å². The minimum atomic E-state index is -0.135. The van der Waals surface area contributed by atoms with Crippen LogP contribution in [0, 0.1) is 6.92 Å². The van der Waals surface area contributed by atoms with Crippen LogP contribution >= 0.6 is 0 Å². The van der Waals surface area contributed by atoms with Crippen molar-refractivity contribution in [1.82, 2.24) is 5.32 Å². The summed E-state index contributed by atoms with van der Waals surface area (Å²) in [5.74, 6) is 0.131. The fourth-order valence-corrected chi connectivity index (χ4v) is 1.89. The molecule has 3 rings (SSSR count). The molecule has 1 aliphatic rings. The van der Waals surface area contributed by atoms with Gasteiger partial charge in [0.15, 0.2) is 0 Å². The summed E-state index contributed by atoms with van der Waals surface area (Å²) in [7, 11) is 0. The molecular formula is C15H11N2O. The third kappa shape index (κ3) is 1.80. The van der Waals surface area contributed by atoms with E-state index >= 15 is 0 Å². The van der Waals surface area contributed by atoms with Crippen LogP contribution in [0.15, 0.2) is 53.5 Å². The van der Waals surface area contributed by atoms with Gasteiger partial charge in [-0.1, -0.05) is 36.4 Å². The van der Waals surface area contributed by atoms with Gasteiger partial charge in [-0.3, -0.25) is 4.79 Å². The lowest BCUT2D eigenvalue weighted by Gasteiger charge is -1.99. The first-order valence-electron chi connectivity index (χ1n) is 5.75. The van der Waals surface area contributed by atoms with Gasteiger partial charge in [0.1, 0.15) is 0 Å². The number of hydrogen-bond acceptors (Lipinski definition) is 2. The van der Waals surface area contributed by atoms with Crippen molar-refractivity contribution in [2.45, 2.75) is 6.92 Å². The SMILES string of the molecule is Cc1ccc2c(c1)[N]C(C(=O)c1ccccc1)=N2. The van der Waals surface area contributed by atoms with Crippen molar-refractivity contribution in [2.75, 3.05) is 0 Å². The molecule has 0 amide bonds. The summed E-state index contributed by atoms with van der Waals surface area (Å²) in [6, 6.07) is 14.9. The van der Waals surface area contributed by atoms with E-state index in [9.17, 15) is 4.79 Å². The lowest BCUT2D eigenvalue weighted by Crippen LogP contribution is -2.19. The fourth-order valence-electron chi connectivity index (χ4n) is 1.89. The first-order chi connectivity index (χ1) is 8.74. The van der Waals surface area contributed by atoms with Gasteiger partial charge in [0.05, 0.1) is 11.4 Å². The van der Waals surface area contributed by atoms with Gasteiger partial charge in [-0.15, -0.1) is 0 Å². The molecule has 0 fully saturated rings. The number of fused-ring (bicyclic) bond motifs is 1. The van der Waals surface area contributed by atoms with Crippen molar-refractivity contribution >= 4 is 23.0 Å². The molecule has 1 aliphatic heterocycles. The maximum Gasteiger partial charge on any atom is 0.230 e. The Morgan fingerprint density at radius 3 is 2.56 bits per heavy atom. The minimum Gasteiger partial charge on any atom is -0.285 e. The van der Waals surface area contributed by atoms with Crippen LogP contribution < -0.4 is 5.32 Å². The number of carbonyl (C=O) groups excluding carboxylic acids is 1. The van der Waals surface area contributed by atoms with Gasteiger partial charge in [0.2, 0.25) is 11.6 Å². The second kappa shape index (κ2) is 4.11. The number of amidine groups is 1. The normalized spacial score (nSPS) is 12.6. The van der Waals surface area contributed by atoms with E-state index in [1.165, 1.54) is 0 Å². The zero-order valence-electron chi connectivity index (χ0n) is 9.92. The summed E-state index contributed by atoms with van der Waals surface area (Å²) in [4.78, 5) is 16.4. The Labute approximate surface area is 105 Å². The van der Waals surface area contributed by atoms with Gasteiger partial charge in [-0.2, -0.15) is 0 Å². The number of ketones is 1. The summed E-state index contributed by atoms with van der Waals surface area (Å²) < 4.78 is 0. The van der Waals surface area contributed by atoms with E-state index < -0.39 is 0 Å². The molecule has 0 aliphatic carbocycles. The molecule has 0 atom stereocenters. The fraction of sp³-hybridized carbons (Fsp3) is 0.0667. The highest BCUT2D eigenvalue weighted by molar-refractivity contribution is 6.47. The topological polar surface area (TPSA) is 43.5 Å². The van der Waals surface area contributed by atoms with E-state index in [0.717, 1.165) is 16.9 Å². The zero-order chi connectivity index (χ0) is 12.5. The van der Waals surface area contributed by atoms with Gasteiger partial charge in [0.25, 0.3) is 0 Å². The first-order valence-corrected chi connectivity index (χ1v) is 5.75. The van der Waals surface area contributed by atoms with Gasteiger partial charge >= 0.3 is 0 Å². The van der Waals surface area contributed by atoms with Crippen LogP contribution in [-0.4, -0.2) is 11.6 Å². The Balaban J connectivity index is 1.92. The first kappa shape index (κ1) is 10.7. The van der Waals surface area contributed by atoms with Gasteiger partial charge in [-0.05, 0) is 24.6 Å². The van der Waals surface area contributed by atoms with E-state index in [4.69, 9.17) is 0 Å². The molecule has 1 heterocycles. The molecule has 1 radical (unpaired) electrons. The molecule has 0 saturated carbocycles. The molecule has 3 heteroatoms. The van der Waals surface area contributed by atoms with Crippen molar-refractivity contribution in [1.29, 1.82) is 0 Å². The number of hydrogen-bond donors (Lipinski definition) is 0. The lowest BCUT2D eigenvalue weighted by molar-refractivity contribution is 0.106. The van der Waals surface area contributed by atoms with Crippen LogP contribution in [-0.2, 0) is 0 Å². The Hall–Kier alpha value is -2.42. The molecular weight excluding hydrogens is 224 g/mol. The molecule has 2 aromatic rings. The lowest BCUT2D eigenvalue weighted by atomic mass is 10.1. The summed E-state index contributed by atoms with van der Waals surface area (Å²) in [5, 5.41) is 4.29. The van der Waals surface area contributed by atoms with Crippen molar-refractivity contribution < 1.29 is 4.79 Å². The van der Waals surface area contributed by atoms with E-state index in [-0.39, 0.29) is 11.6 Å². The average molecular weight is 235 g/mol. The van der Waals surface area contributed by atoms with E-state index in [1.807, 2.05) is 43.3 Å². The van der Waals surface area contributed by atoms with Crippen LogP contribution in [0.2, 0.25) is 0 Å². The Kier molecular flexibility index (Phi) is 2.45. The van der Waals surface area contributed by atoms with Crippen molar-refractivity contribution in [3.63, 3.8) is 0 Å². The minimum absolute atomic E-state index is 0.135. The Morgan fingerprint density at radius 1 is 1.00 bits per heavy atom. The highest BCUT2D eigenvalue weighted by Gasteiger charge is 2.22.